The Kier molecular flexibility index (Phi) is 5.94. The Balaban J connectivity index is 1.84. The second kappa shape index (κ2) is 9.13. The number of nitrogens with two attached hydrogens (primary N) is 1. The minimum atomic E-state index is -0.727. The number of aromatic nitrogens is 3. The third-order valence-electron chi connectivity index (χ3n) is 5.02. The van der Waals surface area contributed by atoms with Crippen LogP contribution in [-0.4, -0.2) is 20.4 Å². The fraction of sp³-hybridized carbons (Fsp3) is 0.0833. The lowest BCUT2D eigenvalue weighted by molar-refractivity contribution is 0.0984. The van der Waals surface area contributed by atoms with Gasteiger partial charge in [-0.1, -0.05) is 60.7 Å². The van der Waals surface area contributed by atoms with Gasteiger partial charge in [-0.25, -0.2) is 4.79 Å². The van der Waals surface area contributed by atoms with Gasteiger partial charge in [0.25, 0.3) is 11.5 Å². The Labute approximate surface area is 183 Å². The molecule has 8 heteroatoms. The maximum Gasteiger partial charge on any atom is 0.330 e. The third kappa shape index (κ3) is 4.34. The summed E-state index contributed by atoms with van der Waals surface area (Å²) in [5.41, 5.74) is 6.86. The standard InChI is InChI=1S/C24H21N5O3/c25-21-20(22(30)27-24(32)29(21)16-18-9-5-2-6-10-18)28(15-17-7-3-1-4-8-17)23(31)19-11-13-26-14-12-19/h1-14H,15-16,25H2,(H,27,30,32). The van der Waals surface area contributed by atoms with Crippen LogP contribution in [0.15, 0.2) is 94.8 Å². The molecule has 2 aromatic heterocycles. The second-order valence-corrected chi connectivity index (χ2v) is 7.18. The summed E-state index contributed by atoms with van der Waals surface area (Å²) in [5, 5.41) is 0. The summed E-state index contributed by atoms with van der Waals surface area (Å²) in [6.07, 6.45) is 3.00. The Morgan fingerprint density at radius 3 is 2.12 bits per heavy atom. The van der Waals surface area contributed by atoms with Crippen molar-refractivity contribution in [2.24, 2.45) is 0 Å². The van der Waals surface area contributed by atoms with E-state index < -0.39 is 17.2 Å². The summed E-state index contributed by atoms with van der Waals surface area (Å²) in [5.74, 6) is -0.515. The van der Waals surface area contributed by atoms with Gasteiger partial charge >= 0.3 is 5.69 Å². The van der Waals surface area contributed by atoms with Crippen LogP contribution in [0.5, 0.6) is 0 Å². The Morgan fingerprint density at radius 1 is 0.906 bits per heavy atom. The Bertz CT molecular complexity index is 1330. The second-order valence-electron chi connectivity index (χ2n) is 7.18. The van der Waals surface area contributed by atoms with E-state index in [-0.39, 0.29) is 24.6 Å². The summed E-state index contributed by atoms with van der Waals surface area (Å²) >= 11 is 0. The van der Waals surface area contributed by atoms with Gasteiger partial charge in [-0.15, -0.1) is 0 Å². The van der Waals surface area contributed by atoms with Crippen molar-refractivity contribution in [3.05, 3.63) is 123 Å². The van der Waals surface area contributed by atoms with Crippen molar-refractivity contribution in [2.75, 3.05) is 10.6 Å². The van der Waals surface area contributed by atoms with E-state index in [1.54, 1.807) is 12.1 Å². The molecule has 3 N–H and O–H groups in total. The number of H-pyrrole nitrogens is 1. The zero-order chi connectivity index (χ0) is 22.5. The van der Waals surface area contributed by atoms with Crippen molar-refractivity contribution in [3.8, 4) is 0 Å². The molecule has 0 atom stereocenters. The number of hydrogen-bond donors (Lipinski definition) is 2. The van der Waals surface area contributed by atoms with Crippen molar-refractivity contribution in [3.63, 3.8) is 0 Å². The molecule has 8 nitrogen and oxygen atoms in total. The number of benzene rings is 2. The Morgan fingerprint density at radius 2 is 1.50 bits per heavy atom. The summed E-state index contributed by atoms with van der Waals surface area (Å²) in [6.45, 7) is 0.247. The van der Waals surface area contributed by atoms with Crippen molar-refractivity contribution in [1.29, 1.82) is 0 Å². The fourth-order valence-corrected chi connectivity index (χ4v) is 3.43. The van der Waals surface area contributed by atoms with Gasteiger partial charge in [-0.2, -0.15) is 0 Å². The van der Waals surface area contributed by atoms with Gasteiger partial charge in [-0.3, -0.25) is 29.0 Å². The highest BCUT2D eigenvalue weighted by Crippen LogP contribution is 2.22. The molecule has 2 heterocycles. The normalized spacial score (nSPS) is 10.6. The largest absolute Gasteiger partial charge is 0.383 e. The predicted molar refractivity (Wildman–Crippen MR) is 122 cm³/mol. The van der Waals surface area contributed by atoms with Gasteiger partial charge in [-0.05, 0) is 23.3 Å². The SMILES string of the molecule is Nc1c(N(Cc2ccccc2)C(=O)c2ccncc2)c(=O)[nH]c(=O)n1Cc1ccccc1. The van der Waals surface area contributed by atoms with Crippen LogP contribution >= 0.6 is 0 Å². The minimum absolute atomic E-state index is 0.0776. The smallest absolute Gasteiger partial charge is 0.330 e. The molecule has 0 bridgehead atoms. The lowest BCUT2D eigenvalue weighted by Crippen LogP contribution is -2.41. The van der Waals surface area contributed by atoms with E-state index >= 15 is 0 Å². The van der Waals surface area contributed by atoms with Crippen molar-refractivity contribution in [1.82, 2.24) is 14.5 Å². The van der Waals surface area contributed by atoms with E-state index in [1.807, 2.05) is 60.7 Å². The Hall–Kier alpha value is -4.46. The molecular formula is C24H21N5O3. The zero-order valence-electron chi connectivity index (χ0n) is 17.1. The number of amides is 1. The molecule has 4 aromatic rings. The van der Waals surface area contributed by atoms with E-state index in [1.165, 1.54) is 21.9 Å². The van der Waals surface area contributed by atoms with Crippen molar-refractivity contribution < 1.29 is 4.79 Å². The van der Waals surface area contributed by atoms with E-state index in [0.29, 0.717) is 5.56 Å². The number of aromatic amines is 1. The highest BCUT2D eigenvalue weighted by molar-refractivity contribution is 6.07. The highest BCUT2D eigenvalue weighted by atomic mass is 16.2. The number of carbonyl (C=O) groups excluding carboxylic acids is 1. The predicted octanol–water partition coefficient (Wildman–Crippen LogP) is 2.41. The molecule has 0 aliphatic rings. The minimum Gasteiger partial charge on any atom is -0.383 e. The van der Waals surface area contributed by atoms with E-state index in [4.69, 9.17) is 5.73 Å². The van der Waals surface area contributed by atoms with Gasteiger partial charge in [0, 0.05) is 18.0 Å². The summed E-state index contributed by atoms with van der Waals surface area (Å²) < 4.78 is 1.25. The van der Waals surface area contributed by atoms with Gasteiger partial charge in [0.1, 0.15) is 5.82 Å². The first-order chi connectivity index (χ1) is 15.5. The van der Waals surface area contributed by atoms with E-state index in [0.717, 1.165) is 11.1 Å². The van der Waals surface area contributed by atoms with Crippen molar-refractivity contribution >= 4 is 17.4 Å². The van der Waals surface area contributed by atoms with Crippen LogP contribution in [0.25, 0.3) is 0 Å². The van der Waals surface area contributed by atoms with Gasteiger partial charge in [0.2, 0.25) is 0 Å². The molecule has 32 heavy (non-hydrogen) atoms. The molecule has 1 amide bonds. The molecule has 0 aliphatic carbocycles. The molecule has 0 fully saturated rings. The molecule has 0 aliphatic heterocycles. The van der Waals surface area contributed by atoms with Crippen molar-refractivity contribution in [2.45, 2.75) is 13.1 Å². The van der Waals surface area contributed by atoms with Crippen LogP contribution in [0.3, 0.4) is 0 Å². The molecule has 0 spiro atoms. The monoisotopic (exact) mass is 427 g/mol. The van der Waals surface area contributed by atoms with E-state index in [9.17, 15) is 14.4 Å². The first-order valence-electron chi connectivity index (χ1n) is 9.97. The topological polar surface area (TPSA) is 114 Å². The zero-order valence-corrected chi connectivity index (χ0v) is 17.1. The van der Waals surface area contributed by atoms with Crippen LogP contribution in [0, 0.1) is 0 Å². The first-order valence-corrected chi connectivity index (χ1v) is 9.97. The molecule has 0 radical (unpaired) electrons. The summed E-state index contributed by atoms with van der Waals surface area (Å²) in [6, 6.07) is 21.6. The lowest BCUT2D eigenvalue weighted by atomic mass is 10.1. The van der Waals surface area contributed by atoms with Crippen LogP contribution < -0.4 is 21.9 Å². The molecule has 0 saturated carbocycles. The molecular weight excluding hydrogens is 406 g/mol. The average molecular weight is 427 g/mol. The number of hydrogen-bond acceptors (Lipinski definition) is 5. The number of nitrogens with zero attached hydrogens (tertiary/aromatic N) is 3. The number of nitrogen functional groups attached to an aromatic ring is 1. The van der Waals surface area contributed by atoms with Gasteiger partial charge in [0.15, 0.2) is 5.69 Å². The summed E-state index contributed by atoms with van der Waals surface area (Å²) in [7, 11) is 0. The van der Waals surface area contributed by atoms with Crippen LogP contribution in [0.1, 0.15) is 21.5 Å². The summed E-state index contributed by atoms with van der Waals surface area (Å²) in [4.78, 5) is 46.4. The van der Waals surface area contributed by atoms with Crippen LogP contribution in [0.4, 0.5) is 11.5 Å². The van der Waals surface area contributed by atoms with Crippen LogP contribution in [0.2, 0.25) is 0 Å². The number of nitrogens with one attached hydrogen (secondary N) is 1. The fourth-order valence-electron chi connectivity index (χ4n) is 3.43. The number of carbonyl (C=O) groups is 1. The molecule has 160 valence electrons. The highest BCUT2D eigenvalue weighted by Gasteiger charge is 2.25. The van der Waals surface area contributed by atoms with Gasteiger partial charge in [0.05, 0.1) is 13.1 Å². The maximum absolute atomic E-state index is 13.4. The molecule has 0 unspecified atom stereocenters. The number of rotatable bonds is 6. The quantitative estimate of drug-likeness (QED) is 0.490. The van der Waals surface area contributed by atoms with E-state index in [2.05, 4.69) is 9.97 Å². The number of pyridine rings is 1. The first kappa shape index (κ1) is 20.8. The molecule has 0 saturated heterocycles. The van der Waals surface area contributed by atoms with Crippen LogP contribution in [-0.2, 0) is 13.1 Å². The number of anilines is 2. The van der Waals surface area contributed by atoms with Gasteiger partial charge < -0.3 is 5.73 Å². The average Bonchev–Trinajstić information content (AvgIpc) is 2.82. The third-order valence-corrected chi connectivity index (χ3v) is 5.02. The molecule has 2 aromatic carbocycles. The lowest BCUT2D eigenvalue weighted by Gasteiger charge is -2.25. The maximum atomic E-state index is 13.4. The molecule has 4 rings (SSSR count).